The predicted molar refractivity (Wildman–Crippen MR) is 86.9 cm³/mol. The highest BCUT2D eigenvalue weighted by Gasteiger charge is 2.35. The zero-order chi connectivity index (χ0) is 17.5. The average molecular weight is 344 g/mol. The van der Waals surface area contributed by atoms with Crippen LogP contribution in [-0.2, 0) is 24.1 Å². The van der Waals surface area contributed by atoms with Gasteiger partial charge in [-0.15, -0.1) is 0 Å². The van der Waals surface area contributed by atoms with E-state index in [0.29, 0.717) is 12.6 Å². The van der Waals surface area contributed by atoms with Gasteiger partial charge in [0.15, 0.2) is 4.90 Å². The van der Waals surface area contributed by atoms with Crippen LogP contribution in [0.3, 0.4) is 0 Å². The molecular formula is C14H24N4O4S. The van der Waals surface area contributed by atoms with Gasteiger partial charge in [-0.05, 0) is 19.8 Å². The van der Waals surface area contributed by atoms with Gasteiger partial charge in [0.2, 0.25) is 10.0 Å². The van der Waals surface area contributed by atoms with Crippen LogP contribution in [0.25, 0.3) is 0 Å². The van der Waals surface area contributed by atoms with Gasteiger partial charge in [-0.1, -0.05) is 6.92 Å². The van der Waals surface area contributed by atoms with Crippen molar-refractivity contribution in [2.45, 2.75) is 37.8 Å². The molecule has 0 bridgehead atoms. The van der Waals surface area contributed by atoms with Gasteiger partial charge < -0.3 is 4.57 Å². The maximum Gasteiger partial charge on any atom is 0.330 e. The Morgan fingerprint density at radius 2 is 1.83 bits per heavy atom. The summed E-state index contributed by atoms with van der Waals surface area (Å²) in [5.74, 6) is 0.142. The summed E-state index contributed by atoms with van der Waals surface area (Å²) in [6.07, 6.45) is 1.08. The molecule has 2 atom stereocenters. The number of aromatic nitrogens is 2. The van der Waals surface area contributed by atoms with Crippen molar-refractivity contribution in [3.05, 3.63) is 27.0 Å². The van der Waals surface area contributed by atoms with E-state index in [4.69, 9.17) is 0 Å². The Hall–Kier alpha value is -1.45. The quantitative estimate of drug-likeness (QED) is 0.763. The van der Waals surface area contributed by atoms with Crippen LogP contribution >= 0.6 is 0 Å². The summed E-state index contributed by atoms with van der Waals surface area (Å²) < 4.78 is 29.7. The highest BCUT2D eigenvalue weighted by atomic mass is 32.2. The van der Waals surface area contributed by atoms with Crippen molar-refractivity contribution in [3.63, 3.8) is 0 Å². The second-order valence-corrected chi connectivity index (χ2v) is 8.19. The second kappa shape index (κ2) is 6.21. The van der Waals surface area contributed by atoms with Gasteiger partial charge >= 0.3 is 5.69 Å². The molecule has 1 aliphatic heterocycles. The highest BCUT2D eigenvalue weighted by molar-refractivity contribution is 7.89. The highest BCUT2D eigenvalue weighted by Crippen LogP contribution is 2.20. The molecule has 1 aromatic rings. The Balaban J connectivity index is 2.34. The fourth-order valence-corrected chi connectivity index (χ4v) is 4.30. The lowest BCUT2D eigenvalue weighted by Crippen LogP contribution is -2.45. The number of aryl methyl sites for hydroxylation is 1. The minimum absolute atomic E-state index is 0.142. The van der Waals surface area contributed by atoms with Crippen LogP contribution in [0, 0.1) is 5.92 Å². The first kappa shape index (κ1) is 17.9. The van der Waals surface area contributed by atoms with Crippen molar-refractivity contribution in [2.24, 2.45) is 20.0 Å². The monoisotopic (exact) mass is 344 g/mol. The van der Waals surface area contributed by atoms with Crippen molar-refractivity contribution in [1.82, 2.24) is 18.8 Å². The fourth-order valence-electron chi connectivity index (χ4n) is 2.80. The Bertz CT molecular complexity index is 809. The molecule has 0 aliphatic carbocycles. The first-order valence-electron chi connectivity index (χ1n) is 7.57. The molecule has 1 fully saturated rings. The SMILES string of the molecule is CC(C)N1C[C@H](C)[C@H](NS(=O)(=O)c2cn(C)c(=O)n(C)c2=O)C1. The van der Waals surface area contributed by atoms with E-state index in [1.165, 1.54) is 14.1 Å². The zero-order valence-electron chi connectivity index (χ0n) is 14.1. The molecule has 0 unspecified atom stereocenters. The number of likely N-dealkylation sites (tertiary alicyclic amines) is 1. The van der Waals surface area contributed by atoms with Crippen LogP contribution in [-0.4, -0.2) is 47.6 Å². The van der Waals surface area contributed by atoms with Crippen LogP contribution in [0.2, 0.25) is 0 Å². The Kier molecular flexibility index (Phi) is 4.84. The van der Waals surface area contributed by atoms with E-state index in [0.717, 1.165) is 21.9 Å². The standard InChI is InChI=1S/C14H24N4O4S/c1-9(2)18-6-10(3)11(7-18)15-23(21,22)12-8-16(4)14(20)17(5)13(12)19/h8-11,15H,6-7H2,1-5H3/t10-,11+/m0/s1. The molecule has 0 spiro atoms. The molecule has 1 saturated heterocycles. The van der Waals surface area contributed by atoms with E-state index >= 15 is 0 Å². The Morgan fingerprint density at radius 1 is 1.22 bits per heavy atom. The molecule has 130 valence electrons. The van der Waals surface area contributed by atoms with Crippen molar-refractivity contribution in [1.29, 1.82) is 0 Å². The molecule has 2 heterocycles. The van der Waals surface area contributed by atoms with Crippen LogP contribution < -0.4 is 16.0 Å². The van der Waals surface area contributed by atoms with Gasteiger partial charge in [-0.25, -0.2) is 17.9 Å². The van der Waals surface area contributed by atoms with E-state index in [1.54, 1.807) is 0 Å². The van der Waals surface area contributed by atoms with Gasteiger partial charge in [0.1, 0.15) is 0 Å². The predicted octanol–water partition coefficient (Wildman–Crippen LogP) is -0.909. The minimum atomic E-state index is -3.99. The molecule has 0 amide bonds. The van der Waals surface area contributed by atoms with E-state index in [1.807, 2.05) is 6.92 Å². The fraction of sp³-hybridized carbons (Fsp3) is 0.714. The number of nitrogens with one attached hydrogen (secondary N) is 1. The number of sulfonamides is 1. The number of hydrogen-bond acceptors (Lipinski definition) is 5. The van der Waals surface area contributed by atoms with Crippen LogP contribution in [0.15, 0.2) is 20.7 Å². The number of nitrogens with zero attached hydrogens (tertiary/aromatic N) is 3. The third-order valence-corrected chi connectivity index (χ3v) is 5.85. The topological polar surface area (TPSA) is 93.4 Å². The van der Waals surface area contributed by atoms with Crippen molar-refractivity contribution >= 4 is 10.0 Å². The number of hydrogen-bond donors (Lipinski definition) is 1. The van der Waals surface area contributed by atoms with Crippen LogP contribution in [0.4, 0.5) is 0 Å². The zero-order valence-corrected chi connectivity index (χ0v) is 14.9. The summed E-state index contributed by atoms with van der Waals surface area (Å²) in [6, 6.07) is 0.0710. The molecule has 2 rings (SSSR count). The van der Waals surface area contributed by atoms with Gasteiger partial charge in [0.25, 0.3) is 5.56 Å². The Morgan fingerprint density at radius 3 is 2.35 bits per heavy atom. The molecule has 23 heavy (non-hydrogen) atoms. The molecule has 1 aromatic heterocycles. The molecule has 8 nitrogen and oxygen atoms in total. The lowest BCUT2D eigenvalue weighted by molar-refractivity contribution is 0.265. The van der Waals surface area contributed by atoms with Gasteiger partial charge in [-0.3, -0.25) is 14.3 Å². The lowest BCUT2D eigenvalue weighted by atomic mass is 10.1. The van der Waals surface area contributed by atoms with Gasteiger partial charge in [0, 0.05) is 45.5 Å². The van der Waals surface area contributed by atoms with Crippen molar-refractivity contribution < 1.29 is 8.42 Å². The second-order valence-electron chi connectivity index (χ2n) is 6.50. The maximum absolute atomic E-state index is 12.6. The largest absolute Gasteiger partial charge is 0.330 e. The third-order valence-electron chi connectivity index (χ3n) is 4.38. The van der Waals surface area contributed by atoms with Gasteiger partial charge in [0.05, 0.1) is 0 Å². The molecule has 0 radical (unpaired) electrons. The molecule has 1 N–H and O–H groups in total. The minimum Gasteiger partial charge on any atom is -0.302 e. The number of rotatable bonds is 4. The average Bonchev–Trinajstić information content (AvgIpc) is 2.81. The first-order valence-corrected chi connectivity index (χ1v) is 9.06. The lowest BCUT2D eigenvalue weighted by Gasteiger charge is -2.20. The molecule has 9 heteroatoms. The van der Waals surface area contributed by atoms with E-state index < -0.39 is 26.2 Å². The molecule has 1 aliphatic rings. The van der Waals surface area contributed by atoms with Crippen molar-refractivity contribution in [2.75, 3.05) is 13.1 Å². The van der Waals surface area contributed by atoms with E-state index in [9.17, 15) is 18.0 Å². The summed E-state index contributed by atoms with van der Waals surface area (Å²) in [7, 11) is -1.31. The molecular weight excluding hydrogens is 320 g/mol. The van der Waals surface area contributed by atoms with Gasteiger partial charge in [-0.2, -0.15) is 0 Å². The third kappa shape index (κ3) is 3.41. The smallest absolute Gasteiger partial charge is 0.302 e. The van der Waals surface area contributed by atoms with Crippen molar-refractivity contribution in [3.8, 4) is 0 Å². The maximum atomic E-state index is 12.6. The van der Waals surface area contributed by atoms with Crippen LogP contribution in [0.5, 0.6) is 0 Å². The first-order chi connectivity index (χ1) is 10.5. The summed E-state index contributed by atoms with van der Waals surface area (Å²) in [5.41, 5.74) is -1.37. The van der Waals surface area contributed by atoms with E-state index in [2.05, 4.69) is 23.5 Å². The summed E-state index contributed by atoms with van der Waals surface area (Å²) in [4.78, 5) is 25.6. The summed E-state index contributed by atoms with van der Waals surface area (Å²) in [5, 5.41) is 0. The summed E-state index contributed by atoms with van der Waals surface area (Å²) >= 11 is 0. The normalized spacial score (nSPS) is 22.9. The van der Waals surface area contributed by atoms with Crippen LogP contribution in [0.1, 0.15) is 20.8 Å². The van der Waals surface area contributed by atoms with E-state index in [-0.39, 0.29) is 12.0 Å². The molecule has 0 saturated carbocycles. The Labute approximate surface area is 135 Å². The molecule has 0 aromatic carbocycles. The summed E-state index contributed by atoms with van der Waals surface area (Å²) in [6.45, 7) is 7.51.